The highest BCUT2D eigenvalue weighted by atomic mass is 35.5. The highest BCUT2D eigenvalue weighted by molar-refractivity contribution is 6.31. The Bertz CT molecular complexity index is 1060. The smallest absolute Gasteiger partial charge is 0.337 e. The van der Waals surface area contributed by atoms with E-state index in [0.29, 0.717) is 29.5 Å². The van der Waals surface area contributed by atoms with E-state index >= 15 is 0 Å². The molecule has 0 saturated carbocycles. The summed E-state index contributed by atoms with van der Waals surface area (Å²) in [7, 11) is 0. The molecule has 7 heteroatoms. The van der Waals surface area contributed by atoms with Crippen molar-refractivity contribution in [1.29, 1.82) is 0 Å². The van der Waals surface area contributed by atoms with Gasteiger partial charge in [0.25, 0.3) is 0 Å². The summed E-state index contributed by atoms with van der Waals surface area (Å²) in [5.74, 6) is -0.807. The molecule has 29 heavy (non-hydrogen) atoms. The van der Waals surface area contributed by atoms with Crippen molar-refractivity contribution in [2.24, 2.45) is 0 Å². The van der Waals surface area contributed by atoms with Crippen molar-refractivity contribution >= 4 is 39.8 Å². The number of hydrogen-bond acceptors (Lipinski definition) is 5. The highest BCUT2D eigenvalue weighted by Crippen LogP contribution is 2.39. The molecule has 1 saturated heterocycles. The molecule has 6 nitrogen and oxygen atoms in total. The van der Waals surface area contributed by atoms with Crippen LogP contribution in [-0.2, 0) is 11.3 Å². The molecule has 1 fully saturated rings. The predicted molar refractivity (Wildman–Crippen MR) is 112 cm³/mol. The maximum absolute atomic E-state index is 11.8. The van der Waals surface area contributed by atoms with Crippen LogP contribution in [0, 0.1) is 0 Å². The Morgan fingerprint density at radius 2 is 2.00 bits per heavy atom. The predicted octanol–water partition coefficient (Wildman–Crippen LogP) is 4.72. The molecule has 0 aliphatic carbocycles. The first-order valence-corrected chi connectivity index (χ1v) is 9.84. The fourth-order valence-corrected chi connectivity index (χ4v) is 3.92. The summed E-state index contributed by atoms with van der Waals surface area (Å²) < 4.78 is 5.50. The molecule has 3 N–H and O–H groups in total. The van der Waals surface area contributed by atoms with Gasteiger partial charge in [-0.1, -0.05) is 17.7 Å². The Morgan fingerprint density at radius 1 is 1.21 bits per heavy atom. The van der Waals surface area contributed by atoms with E-state index in [9.17, 15) is 15.0 Å². The summed E-state index contributed by atoms with van der Waals surface area (Å²) >= 11 is 6.26. The second kappa shape index (κ2) is 8.37. The van der Waals surface area contributed by atoms with Crippen molar-refractivity contribution < 1.29 is 19.7 Å². The molecule has 1 aliphatic heterocycles. The largest absolute Gasteiger partial charge is 0.478 e. The number of aromatic nitrogens is 1. The number of carboxylic acid groups (broad SMARTS) is 1. The first-order chi connectivity index (χ1) is 14.1. The first-order valence-electron chi connectivity index (χ1n) is 9.47. The van der Waals surface area contributed by atoms with E-state index in [-0.39, 0.29) is 18.1 Å². The van der Waals surface area contributed by atoms with Crippen LogP contribution in [0.1, 0.15) is 40.2 Å². The molecule has 150 valence electrons. The van der Waals surface area contributed by atoms with Crippen molar-refractivity contribution in [3.63, 3.8) is 0 Å². The van der Waals surface area contributed by atoms with Crippen LogP contribution in [0.25, 0.3) is 10.9 Å². The van der Waals surface area contributed by atoms with Gasteiger partial charge >= 0.3 is 5.97 Å². The van der Waals surface area contributed by atoms with Gasteiger partial charge < -0.3 is 20.3 Å². The zero-order chi connectivity index (χ0) is 20.4. The lowest BCUT2D eigenvalue weighted by molar-refractivity contribution is 0.0697. The van der Waals surface area contributed by atoms with Crippen molar-refractivity contribution in [1.82, 2.24) is 4.98 Å². The monoisotopic (exact) mass is 412 g/mol. The van der Waals surface area contributed by atoms with Gasteiger partial charge in [0.2, 0.25) is 0 Å². The van der Waals surface area contributed by atoms with E-state index in [1.165, 1.54) is 6.07 Å². The van der Waals surface area contributed by atoms with Crippen molar-refractivity contribution in [3.05, 3.63) is 64.3 Å². The average Bonchev–Trinajstić information content (AvgIpc) is 2.74. The Labute approximate surface area is 173 Å². The molecule has 0 atom stereocenters. The number of aromatic carboxylic acids is 1. The Morgan fingerprint density at radius 3 is 2.72 bits per heavy atom. The molecule has 1 aliphatic rings. The van der Waals surface area contributed by atoms with Gasteiger partial charge in [-0.25, -0.2) is 4.79 Å². The number of rotatable bonds is 5. The number of anilines is 2. The molecule has 2 heterocycles. The van der Waals surface area contributed by atoms with Crippen LogP contribution in [0.5, 0.6) is 0 Å². The number of benzene rings is 2. The van der Waals surface area contributed by atoms with Gasteiger partial charge in [-0.3, -0.25) is 4.98 Å². The lowest BCUT2D eigenvalue weighted by Gasteiger charge is -2.26. The van der Waals surface area contributed by atoms with Gasteiger partial charge in [0.1, 0.15) is 0 Å². The van der Waals surface area contributed by atoms with Gasteiger partial charge in [0, 0.05) is 29.8 Å². The molecule has 0 radical (unpaired) electrons. The Kier molecular flexibility index (Phi) is 5.67. The van der Waals surface area contributed by atoms with Gasteiger partial charge in [0.15, 0.2) is 0 Å². The minimum Gasteiger partial charge on any atom is -0.478 e. The standard InChI is InChI=1S/C22H21ClN2O4/c23-15-2-4-19-16(10-15)21(18(11-24-19)14-5-7-29-8-6-14)25-20-3-1-13(12-26)9-17(20)22(27)28/h1-4,9-11,14,26H,5-8,12H2,(H,24,25)(H,27,28). The lowest BCUT2D eigenvalue weighted by Crippen LogP contribution is -2.16. The molecule has 0 spiro atoms. The first kappa shape index (κ1) is 19.6. The summed E-state index contributed by atoms with van der Waals surface area (Å²) in [6.45, 7) is 1.15. The number of nitrogens with zero attached hydrogens (tertiary/aromatic N) is 1. The van der Waals surface area contributed by atoms with E-state index in [1.807, 2.05) is 18.3 Å². The number of halogens is 1. The number of carbonyl (C=O) groups is 1. The highest BCUT2D eigenvalue weighted by Gasteiger charge is 2.22. The number of nitrogens with one attached hydrogen (secondary N) is 1. The van der Waals surface area contributed by atoms with Crippen molar-refractivity contribution in [3.8, 4) is 0 Å². The number of ether oxygens (including phenoxy) is 1. The maximum atomic E-state index is 11.8. The molecule has 0 bridgehead atoms. The summed E-state index contributed by atoms with van der Waals surface area (Å²) in [5, 5.41) is 23.8. The topological polar surface area (TPSA) is 91.7 Å². The molecular formula is C22H21ClN2O4. The molecule has 0 amide bonds. The summed E-state index contributed by atoms with van der Waals surface area (Å²) in [6.07, 6.45) is 3.60. The normalized spacial score (nSPS) is 14.8. The van der Waals surface area contributed by atoms with Crippen molar-refractivity contribution in [2.75, 3.05) is 18.5 Å². The number of aliphatic hydroxyl groups is 1. The minimum atomic E-state index is -1.06. The molecule has 2 aromatic carbocycles. The Balaban J connectivity index is 1.87. The van der Waals surface area contributed by atoms with Crippen LogP contribution in [0.3, 0.4) is 0 Å². The van der Waals surface area contributed by atoms with Crippen LogP contribution >= 0.6 is 11.6 Å². The van der Waals surface area contributed by atoms with E-state index in [4.69, 9.17) is 16.3 Å². The fourth-order valence-electron chi connectivity index (χ4n) is 3.75. The van der Waals surface area contributed by atoms with Gasteiger partial charge in [-0.15, -0.1) is 0 Å². The van der Waals surface area contributed by atoms with Gasteiger partial charge in [-0.05, 0) is 60.2 Å². The lowest BCUT2D eigenvalue weighted by atomic mass is 9.90. The minimum absolute atomic E-state index is 0.0986. The second-order valence-electron chi connectivity index (χ2n) is 7.10. The molecule has 1 aromatic heterocycles. The quantitative estimate of drug-likeness (QED) is 0.561. The third kappa shape index (κ3) is 4.05. The molecule has 3 aromatic rings. The van der Waals surface area contributed by atoms with Crippen LogP contribution in [-0.4, -0.2) is 34.4 Å². The van der Waals surface area contributed by atoms with Gasteiger partial charge in [-0.2, -0.15) is 0 Å². The Hall–Kier alpha value is -2.67. The number of aliphatic hydroxyl groups excluding tert-OH is 1. The SMILES string of the molecule is O=C(O)c1cc(CO)ccc1Nc1c(C2CCOCC2)cnc2ccc(Cl)cc12. The van der Waals surface area contributed by atoms with Crippen LogP contribution < -0.4 is 5.32 Å². The number of carboxylic acids is 1. The molecule has 4 rings (SSSR count). The second-order valence-corrected chi connectivity index (χ2v) is 7.54. The zero-order valence-corrected chi connectivity index (χ0v) is 16.4. The number of hydrogen-bond donors (Lipinski definition) is 3. The third-order valence-electron chi connectivity index (χ3n) is 5.28. The van der Waals surface area contributed by atoms with E-state index in [1.54, 1.807) is 18.2 Å². The summed E-state index contributed by atoms with van der Waals surface area (Å²) in [6, 6.07) is 10.3. The maximum Gasteiger partial charge on any atom is 0.337 e. The third-order valence-corrected chi connectivity index (χ3v) is 5.51. The summed E-state index contributed by atoms with van der Waals surface area (Å²) in [4.78, 5) is 16.4. The van der Waals surface area contributed by atoms with E-state index in [0.717, 1.165) is 35.0 Å². The number of fused-ring (bicyclic) bond motifs is 1. The fraction of sp³-hybridized carbons (Fsp3) is 0.273. The van der Waals surface area contributed by atoms with E-state index in [2.05, 4.69) is 10.3 Å². The van der Waals surface area contributed by atoms with Gasteiger partial charge in [0.05, 0.1) is 29.1 Å². The zero-order valence-electron chi connectivity index (χ0n) is 15.7. The summed E-state index contributed by atoms with van der Waals surface area (Å²) in [5.41, 5.74) is 3.70. The van der Waals surface area contributed by atoms with E-state index < -0.39 is 5.97 Å². The van der Waals surface area contributed by atoms with Crippen LogP contribution in [0.4, 0.5) is 11.4 Å². The van der Waals surface area contributed by atoms with Crippen molar-refractivity contribution in [2.45, 2.75) is 25.4 Å². The average molecular weight is 413 g/mol. The van der Waals surface area contributed by atoms with Crippen LogP contribution in [0.2, 0.25) is 5.02 Å². The van der Waals surface area contributed by atoms with Crippen LogP contribution in [0.15, 0.2) is 42.6 Å². The number of pyridine rings is 1. The molecular weight excluding hydrogens is 392 g/mol. The molecule has 0 unspecified atom stereocenters.